The number of nitrogens with one attached hydrogen (secondary N) is 1. The number of likely N-dealkylation sites (tertiary alicyclic amines) is 1. The molecule has 1 amide bonds. The summed E-state index contributed by atoms with van der Waals surface area (Å²) in [6.45, 7) is 7.42. The van der Waals surface area contributed by atoms with Crippen LogP contribution in [0, 0.1) is 19.8 Å². The van der Waals surface area contributed by atoms with Gasteiger partial charge in [-0.25, -0.2) is 4.98 Å². The van der Waals surface area contributed by atoms with Gasteiger partial charge in [-0.05, 0) is 69.9 Å². The Morgan fingerprint density at radius 1 is 1.15 bits per heavy atom. The number of amides is 1. The van der Waals surface area contributed by atoms with Crippen LogP contribution in [0.15, 0.2) is 28.7 Å². The first-order valence-corrected chi connectivity index (χ1v) is 13.8. The van der Waals surface area contributed by atoms with E-state index >= 15 is 0 Å². The van der Waals surface area contributed by atoms with Crippen molar-refractivity contribution in [3.8, 4) is 11.5 Å². The van der Waals surface area contributed by atoms with Gasteiger partial charge in [0.25, 0.3) is 0 Å². The molecule has 1 saturated heterocycles. The molecule has 5 nitrogen and oxygen atoms in total. The molecule has 0 bridgehead atoms. The van der Waals surface area contributed by atoms with Crippen LogP contribution < -0.4 is 5.32 Å². The van der Waals surface area contributed by atoms with Gasteiger partial charge in [-0.1, -0.05) is 37.5 Å². The van der Waals surface area contributed by atoms with E-state index in [1.807, 2.05) is 19.1 Å². The van der Waals surface area contributed by atoms with Crippen LogP contribution in [0.4, 0.5) is 0 Å². The molecule has 180 valence electrons. The fourth-order valence-corrected chi connectivity index (χ4v) is 6.35. The number of piperidine rings is 1. The lowest BCUT2D eigenvalue weighted by molar-refractivity contribution is -0.126. The Balaban J connectivity index is 1.22. The average molecular weight is 470 g/mol. The Hall–Kier alpha value is -1.79. The largest absolute Gasteiger partial charge is 0.441 e. The van der Waals surface area contributed by atoms with Gasteiger partial charge in [-0.15, -0.1) is 0 Å². The summed E-state index contributed by atoms with van der Waals surface area (Å²) in [6.07, 6.45) is 10.1. The molecule has 1 N–H and O–H groups in total. The van der Waals surface area contributed by atoms with Crippen molar-refractivity contribution >= 4 is 17.7 Å². The zero-order valence-corrected chi connectivity index (χ0v) is 21.1. The molecule has 1 aromatic carbocycles. The molecule has 2 fully saturated rings. The van der Waals surface area contributed by atoms with Gasteiger partial charge in [0.15, 0.2) is 0 Å². The molecule has 1 saturated carbocycles. The van der Waals surface area contributed by atoms with Crippen LogP contribution in [0.25, 0.3) is 11.5 Å². The number of hydrogen-bond donors (Lipinski definition) is 1. The lowest BCUT2D eigenvalue weighted by Gasteiger charge is -2.31. The highest BCUT2D eigenvalue weighted by Crippen LogP contribution is 2.29. The Morgan fingerprint density at radius 3 is 2.79 bits per heavy atom. The fourth-order valence-electron chi connectivity index (χ4n) is 5.04. The Morgan fingerprint density at radius 2 is 1.97 bits per heavy atom. The highest BCUT2D eigenvalue weighted by molar-refractivity contribution is 7.99. The molecule has 2 aromatic rings. The second kappa shape index (κ2) is 12.1. The van der Waals surface area contributed by atoms with Gasteiger partial charge in [0.1, 0.15) is 5.76 Å². The summed E-state index contributed by atoms with van der Waals surface area (Å²) in [6, 6.07) is 8.19. The van der Waals surface area contributed by atoms with E-state index in [2.05, 4.69) is 41.0 Å². The minimum atomic E-state index is 0.0767. The summed E-state index contributed by atoms with van der Waals surface area (Å²) >= 11 is 2.11. The SMILES string of the molecule is Cc1ccccc1-c1nc(CN2CCCC(C(=O)NCCCSC3CCCCC3)C2)c(C)o1. The van der Waals surface area contributed by atoms with Gasteiger partial charge in [0, 0.05) is 30.4 Å². The first kappa shape index (κ1) is 24.3. The second-order valence-electron chi connectivity index (χ2n) is 9.69. The number of rotatable bonds is 9. The molecule has 0 spiro atoms. The van der Waals surface area contributed by atoms with E-state index in [1.165, 1.54) is 32.1 Å². The van der Waals surface area contributed by atoms with Gasteiger partial charge in [-0.3, -0.25) is 9.69 Å². The maximum atomic E-state index is 12.8. The standard InChI is InChI=1S/C27H39N3O2S/c1-20-10-6-7-14-24(20)27-29-25(21(2)32-27)19-30-16-8-11-22(18-30)26(31)28-15-9-17-33-23-12-4-3-5-13-23/h6-7,10,14,22-23H,3-5,8-9,11-13,15-19H2,1-2H3,(H,28,31). The van der Waals surface area contributed by atoms with Crippen molar-refractivity contribution in [2.45, 2.75) is 77.0 Å². The van der Waals surface area contributed by atoms with Crippen molar-refractivity contribution in [1.29, 1.82) is 0 Å². The summed E-state index contributed by atoms with van der Waals surface area (Å²) in [5, 5.41) is 4.06. The highest BCUT2D eigenvalue weighted by Gasteiger charge is 2.27. The Kier molecular flexibility index (Phi) is 8.90. The van der Waals surface area contributed by atoms with Crippen LogP contribution in [0.2, 0.25) is 0 Å². The normalized spacial score (nSPS) is 20.1. The second-order valence-corrected chi connectivity index (χ2v) is 11.1. The molecule has 1 aliphatic carbocycles. The molecule has 1 atom stereocenters. The molecule has 2 aliphatic rings. The van der Waals surface area contributed by atoms with Gasteiger partial charge >= 0.3 is 0 Å². The summed E-state index contributed by atoms with van der Waals surface area (Å²) < 4.78 is 6.00. The van der Waals surface area contributed by atoms with Gasteiger partial charge in [-0.2, -0.15) is 11.8 Å². The first-order chi connectivity index (χ1) is 16.1. The molecule has 33 heavy (non-hydrogen) atoms. The van der Waals surface area contributed by atoms with Crippen molar-refractivity contribution in [3.63, 3.8) is 0 Å². The van der Waals surface area contributed by atoms with E-state index in [9.17, 15) is 4.79 Å². The highest BCUT2D eigenvalue weighted by atomic mass is 32.2. The molecule has 2 heterocycles. The lowest BCUT2D eigenvalue weighted by atomic mass is 9.97. The Labute approximate surface area is 203 Å². The monoisotopic (exact) mass is 469 g/mol. The molecule has 1 aromatic heterocycles. The third-order valence-electron chi connectivity index (χ3n) is 7.04. The maximum Gasteiger partial charge on any atom is 0.226 e. The van der Waals surface area contributed by atoms with Crippen molar-refractivity contribution in [1.82, 2.24) is 15.2 Å². The van der Waals surface area contributed by atoms with E-state index in [1.54, 1.807) is 0 Å². The number of aromatic nitrogens is 1. The maximum absolute atomic E-state index is 12.8. The van der Waals surface area contributed by atoms with E-state index in [0.717, 1.165) is 79.0 Å². The predicted octanol–water partition coefficient (Wildman–Crippen LogP) is 5.74. The van der Waals surface area contributed by atoms with Crippen LogP contribution in [0.5, 0.6) is 0 Å². The number of carbonyl (C=O) groups excluding carboxylic acids is 1. The van der Waals surface area contributed by atoms with Crippen LogP contribution in [-0.2, 0) is 11.3 Å². The first-order valence-electron chi connectivity index (χ1n) is 12.7. The minimum absolute atomic E-state index is 0.0767. The predicted molar refractivity (Wildman–Crippen MR) is 136 cm³/mol. The zero-order valence-electron chi connectivity index (χ0n) is 20.3. The van der Waals surface area contributed by atoms with E-state index < -0.39 is 0 Å². The van der Waals surface area contributed by atoms with Crippen LogP contribution in [-0.4, -0.2) is 46.4 Å². The molecular formula is C27H39N3O2S. The summed E-state index contributed by atoms with van der Waals surface area (Å²) in [4.78, 5) is 19.9. The molecule has 1 unspecified atom stereocenters. The number of thioether (sulfide) groups is 1. The number of oxazole rings is 1. The van der Waals surface area contributed by atoms with E-state index in [-0.39, 0.29) is 11.8 Å². The van der Waals surface area contributed by atoms with Crippen LogP contribution >= 0.6 is 11.8 Å². The number of benzene rings is 1. The summed E-state index contributed by atoms with van der Waals surface area (Å²) in [7, 11) is 0. The molecule has 6 heteroatoms. The number of carbonyl (C=O) groups is 1. The minimum Gasteiger partial charge on any atom is -0.441 e. The van der Waals surface area contributed by atoms with E-state index in [0.29, 0.717) is 5.89 Å². The third kappa shape index (κ3) is 6.86. The molecular weight excluding hydrogens is 430 g/mol. The van der Waals surface area contributed by atoms with Gasteiger partial charge < -0.3 is 9.73 Å². The number of nitrogens with zero attached hydrogens (tertiary/aromatic N) is 2. The molecule has 4 rings (SSSR count). The van der Waals surface area contributed by atoms with Gasteiger partial charge in [0.05, 0.1) is 11.6 Å². The lowest BCUT2D eigenvalue weighted by Crippen LogP contribution is -2.43. The zero-order chi connectivity index (χ0) is 23.0. The van der Waals surface area contributed by atoms with Crippen molar-refractivity contribution in [2.75, 3.05) is 25.4 Å². The van der Waals surface area contributed by atoms with Crippen LogP contribution in [0.1, 0.15) is 68.4 Å². The molecule has 1 aliphatic heterocycles. The number of hydrogen-bond acceptors (Lipinski definition) is 5. The third-order valence-corrected chi connectivity index (χ3v) is 8.51. The van der Waals surface area contributed by atoms with Crippen LogP contribution in [0.3, 0.4) is 0 Å². The van der Waals surface area contributed by atoms with Crippen molar-refractivity contribution in [3.05, 3.63) is 41.3 Å². The van der Waals surface area contributed by atoms with Crippen molar-refractivity contribution < 1.29 is 9.21 Å². The molecule has 0 radical (unpaired) electrons. The fraction of sp³-hybridized carbons (Fsp3) is 0.630. The van der Waals surface area contributed by atoms with E-state index in [4.69, 9.17) is 9.40 Å². The van der Waals surface area contributed by atoms with Crippen molar-refractivity contribution in [2.24, 2.45) is 5.92 Å². The average Bonchev–Trinajstić information content (AvgIpc) is 3.19. The quantitative estimate of drug-likeness (QED) is 0.474. The number of aryl methyl sites for hydroxylation is 2. The summed E-state index contributed by atoms with van der Waals surface area (Å²) in [5.41, 5.74) is 3.19. The topological polar surface area (TPSA) is 58.4 Å². The smallest absolute Gasteiger partial charge is 0.226 e. The summed E-state index contributed by atoms with van der Waals surface area (Å²) in [5.74, 6) is 3.03. The Bertz CT molecular complexity index is 907. The van der Waals surface area contributed by atoms with Gasteiger partial charge in [0.2, 0.25) is 11.8 Å².